The van der Waals surface area contributed by atoms with Gasteiger partial charge in [0.1, 0.15) is 5.82 Å². The van der Waals surface area contributed by atoms with Crippen molar-refractivity contribution >= 4 is 23.0 Å². The summed E-state index contributed by atoms with van der Waals surface area (Å²) < 4.78 is 12.8. The van der Waals surface area contributed by atoms with Crippen molar-refractivity contribution in [1.82, 2.24) is 24.7 Å². The number of benzene rings is 1. The van der Waals surface area contributed by atoms with E-state index in [0.29, 0.717) is 39.5 Å². The van der Waals surface area contributed by atoms with Gasteiger partial charge in [0, 0.05) is 71.4 Å². The van der Waals surface area contributed by atoms with Crippen LogP contribution in [0.3, 0.4) is 0 Å². The number of morpholine rings is 1. The number of fused-ring (bicyclic) bond motifs is 1. The van der Waals surface area contributed by atoms with E-state index in [-0.39, 0.29) is 30.8 Å². The van der Waals surface area contributed by atoms with E-state index in [1.807, 2.05) is 23.1 Å². The Bertz CT molecular complexity index is 989. The average Bonchev–Trinajstić information content (AvgIpc) is 3.26. The van der Waals surface area contributed by atoms with E-state index in [2.05, 4.69) is 16.0 Å². The minimum Gasteiger partial charge on any atom is -0.385 e. The topological polar surface area (TPSA) is 115 Å². The quantitative estimate of drug-likeness (QED) is 0.520. The zero-order chi connectivity index (χ0) is 24.6. The monoisotopic (exact) mass is 486 g/mol. The van der Waals surface area contributed by atoms with E-state index in [1.54, 1.807) is 12.0 Å². The first kappa shape index (κ1) is 25.4. The smallest absolute Gasteiger partial charge is 0.317 e. The van der Waals surface area contributed by atoms with Crippen molar-refractivity contribution in [3.8, 4) is 0 Å². The number of hydrogen-bond donors (Lipinski definition) is 2. The van der Waals surface area contributed by atoms with Gasteiger partial charge in [-0.15, -0.1) is 0 Å². The number of aryl methyl sites for hydroxylation is 1. The number of nitrogens with one attached hydrogen (secondary N) is 1. The fourth-order valence-electron chi connectivity index (χ4n) is 4.94. The predicted octanol–water partition coefficient (Wildman–Crippen LogP) is 1.54. The molecule has 192 valence electrons. The van der Waals surface area contributed by atoms with Crippen molar-refractivity contribution in [2.45, 2.75) is 44.2 Å². The lowest BCUT2D eigenvalue weighted by atomic mass is 9.96. The van der Waals surface area contributed by atoms with Crippen LogP contribution in [0.15, 0.2) is 24.3 Å². The van der Waals surface area contributed by atoms with Crippen LogP contribution in [0.2, 0.25) is 0 Å². The molecule has 3 heterocycles. The molecule has 1 aromatic heterocycles. The Morgan fingerprint density at radius 2 is 2.03 bits per heavy atom. The second kappa shape index (κ2) is 12.3. The number of para-hydroxylation sites is 2. The van der Waals surface area contributed by atoms with E-state index < -0.39 is 6.04 Å². The maximum atomic E-state index is 13.1. The molecule has 3 amide bonds. The third-order valence-corrected chi connectivity index (χ3v) is 6.80. The Morgan fingerprint density at radius 1 is 1.23 bits per heavy atom. The summed E-state index contributed by atoms with van der Waals surface area (Å²) in [5.41, 5.74) is 8.33. The Morgan fingerprint density at radius 3 is 2.83 bits per heavy atom. The van der Waals surface area contributed by atoms with Gasteiger partial charge in [-0.1, -0.05) is 12.1 Å². The molecule has 0 unspecified atom stereocenters. The number of aromatic nitrogens is 2. The third kappa shape index (κ3) is 6.50. The summed E-state index contributed by atoms with van der Waals surface area (Å²) in [6.45, 7) is 5.42. The van der Waals surface area contributed by atoms with Gasteiger partial charge in [0.15, 0.2) is 0 Å². The average molecular weight is 487 g/mol. The lowest BCUT2D eigenvalue weighted by molar-refractivity contribution is -0.132. The summed E-state index contributed by atoms with van der Waals surface area (Å²) in [5, 5.41) is 2.85. The molecular weight excluding hydrogens is 448 g/mol. The highest BCUT2D eigenvalue weighted by atomic mass is 16.5. The van der Waals surface area contributed by atoms with Crippen LogP contribution in [0.25, 0.3) is 11.0 Å². The number of nitrogens with zero attached hydrogens (tertiary/aromatic N) is 4. The highest BCUT2D eigenvalue weighted by Gasteiger charge is 2.29. The van der Waals surface area contributed by atoms with Crippen LogP contribution in [0, 0.1) is 0 Å². The molecule has 0 aliphatic carbocycles. The van der Waals surface area contributed by atoms with Gasteiger partial charge in [-0.2, -0.15) is 0 Å². The minimum absolute atomic E-state index is 0.0323. The number of amides is 3. The molecule has 0 bridgehead atoms. The number of methoxy groups -OCH3 is 1. The zero-order valence-corrected chi connectivity index (χ0v) is 20.7. The highest BCUT2D eigenvalue weighted by Crippen LogP contribution is 2.30. The Labute approximate surface area is 206 Å². The van der Waals surface area contributed by atoms with E-state index in [0.717, 1.165) is 49.2 Å². The standard InChI is InChI=1S/C25H38N6O4/c1-34-13-5-10-31-22-8-3-2-7-21(22)28-24(31)19-6-4-9-30(18-19)23(32)16-20(26)17-27-25(33)29-11-14-35-15-12-29/h2-3,7-8,19-20H,4-6,9-18,26H2,1H3,(H,27,33)/t19-,20-/m1/s1. The molecule has 0 spiro atoms. The van der Waals surface area contributed by atoms with Gasteiger partial charge in [-0.3, -0.25) is 4.79 Å². The summed E-state index contributed by atoms with van der Waals surface area (Å²) >= 11 is 0. The first-order valence-corrected chi connectivity index (χ1v) is 12.6. The van der Waals surface area contributed by atoms with Crippen molar-refractivity contribution < 1.29 is 19.1 Å². The predicted molar refractivity (Wildman–Crippen MR) is 133 cm³/mol. The second-order valence-electron chi connectivity index (χ2n) is 9.39. The van der Waals surface area contributed by atoms with Gasteiger partial charge in [0.25, 0.3) is 0 Å². The van der Waals surface area contributed by atoms with Crippen LogP contribution >= 0.6 is 0 Å². The lowest BCUT2D eigenvalue weighted by Crippen LogP contribution is -2.50. The normalized spacial score (nSPS) is 19.7. The summed E-state index contributed by atoms with van der Waals surface area (Å²) in [4.78, 5) is 33.9. The van der Waals surface area contributed by atoms with Crippen molar-refractivity contribution in [2.24, 2.45) is 5.73 Å². The number of imidazole rings is 1. The Balaban J connectivity index is 1.34. The van der Waals surface area contributed by atoms with Crippen molar-refractivity contribution in [3.05, 3.63) is 30.1 Å². The number of urea groups is 1. The van der Waals surface area contributed by atoms with Crippen LogP contribution < -0.4 is 11.1 Å². The Hall–Kier alpha value is -2.69. The van der Waals surface area contributed by atoms with Gasteiger partial charge in [-0.25, -0.2) is 9.78 Å². The molecule has 2 aliphatic heterocycles. The van der Waals surface area contributed by atoms with Crippen LogP contribution in [0.4, 0.5) is 4.79 Å². The fraction of sp³-hybridized carbons (Fsp3) is 0.640. The number of nitrogens with two attached hydrogens (primary N) is 1. The van der Waals surface area contributed by atoms with Crippen LogP contribution in [-0.2, 0) is 20.8 Å². The maximum Gasteiger partial charge on any atom is 0.317 e. The molecule has 10 heteroatoms. The number of rotatable bonds is 9. The van der Waals surface area contributed by atoms with Crippen LogP contribution in [-0.4, -0.2) is 97.0 Å². The number of carbonyl (C=O) groups excluding carboxylic acids is 2. The number of carbonyl (C=O) groups is 2. The molecule has 0 saturated carbocycles. The third-order valence-electron chi connectivity index (χ3n) is 6.80. The summed E-state index contributed by atoms with van der Waals surface area (Å²) in [6, 6.07) is 7.62. The molecule has 2 atom stereocenters. The van der Waals surface area contributed by atoms with Gasteiger partial charge >= 0.3 is 6.03 Å². The number of hydrogen-bond acceptors (Lipinski definition) is 6. The first-order valence-electron chi connectivity index (χ1n) is 12.6. The second-order valence-corrected chi connectivity index (χ2v) is 9.39. The summed E-state index contributed by atoms with van der Waals surface area (Å²) in [6.07, 6.45) is 3.05. The van der Waals surface area contributed by atoms with Crippen LogP contribution in [0.5, 0.6) is 0 Å². The molecule has 2 aromatic rings. The summed E-state index contributed by atoms with van der Waals surface area (Å²) in [5.74, 6) is 1.26. The molecule has 2 fully saturated rings. The molecule has 0 radical (unpaired) electrons. The Kier molecular flexibility index (Phi) is 8.95. The van der Waals surface area contributed by atoms with Crippen molar-refractivity contribution in [2.75, 3.05) is 59.7 Å². The molecular formula is C25H38N6O4. The van der Waals surface area contributed by atoms with Gasteiger partial charge < -0.3 is 34.9 Å². The van der Waals surface area contributed by atoms with Crippen molar-refractivity contribution in [3.63, 3.8) is 0 Å². The number of likely N-dealkylation sites (tertiary alicyclic amines) is 1. The first-order chi connectivity index (χ1) is 17.1. The fourth-order valence-corrected chi connectivity index (χ4v) is 4.94. The van der Waals surface area contributed by atoms with Crippen LogP contribution in [0.1, 0.15) is 37.4 Å². The van der Waals surface area contributed by atoms with Crippen molar-refractivity contribution in [1.29, 1.82) is 0 Å². The molecule has 10 nitrogen and oxygen atoms in total. The maximum absolute atomic E-state index is 13.1. The SMILES string of the molecule is COCCCn1c([C@@H]2CCCN(C(=O)C[C@@H](N)CNC(=O)N3CCOCC3)C2)nc2ccccc21. The number of piperidine rings is 1. The molecule has 3 N–H and O–H groups in total. The van der Waals surface area contributed by atoms with Gasteiger partial charge in [0.05, 0.1) is 24.2 Å². The lowest BCUT2D eigenvalue weighted by Gasteiger charge is -2.33. The molecule has 35 heavy (non-hydrogen) atoms. The molecule has 1 aromatic carbocycles. The highest BCUT2D eigenvalue weighted by molar-refractivity contribution is 5.78. The summed E-state index contributed by atoms with van der Waals surface area (Å²) in [7, 11) is 1.72. The van der Waals surface area contributed by atoms with E-state index in [4.69, 9.17) is 20.2 Å². The van der Waals surface area contributed by atoms with E-state index >= 15 is 0 Å². The molecule has 4 rings (SSSR count). The van der Waals surface area contributed by atoms with Gasteiger partial charge in [0.2, 0.25) is 5.91 Å². The number of ether oxygens (including phenoxy) is 2. The van der Waals surface area contributed by atoms with E-state index in [1.165, 1.54) is 0 Å². The molecule has 2 saturated heterocycles. The van der Waals surface area contributed by atoms with E-state index in [9.17, 15) is 9.59 Å². The largest absolute Gasteiger partial charge is 0.385 e. The van der Waals surface area contributed by atoms with Gasteiger partial charge in [-0.05, 0) is 31.4 Å². The zero-order valence-electron chi connectivity index (χ0n) is 20.7. The minimum atomic E-state index is -0.425. The molecule has 2 aliphatic rings.